The number of halogens is 2. The van der Waals surface area contributed by atoms with Crippen LogP contribution in [0.25, 0.3) is 0 Å². The van der Waals surface area contributed by atoms with Gasteiger partial charge < -0.3 is 5.32 Å². The molecule has 0 saturated heterocycles. The zero-order valence-electron chi connectivity index (χ0n) is 9.16. The monoisotopic (exact) mass is 250 g/mol. The fraction of sp³-hybridized carbons (Fsp3) is 0.154. The lowest BCUT2D eigenvalue weighted by Gasteiger charge is -2.05. The molecule has 1 aromatic heterocycles. The number of rotatable bonds is 4. The summed E-state index contributed by atoms with van der Waals surface area (Å²) < 4.78 is 12.6. The zero-order chi connectivity index (χ0) is 12.1. The Bertz CT molecular complexity index is 468. The first kappa shape index (κ1) is 11.9. The highest BCUT2D eigenvalue weighted by atomic mass is 35.5. The van der Waals surface area contributed by atoms with E-state index in [1.807, 2.05) is 24.3 Å². The average Bonchev–Trinajstić information content (AvgIpc) is 2.39. The highest BCUT2D eigenvalue weighted by molar-refractivity contribution is 6.17. The van der Waals surface area contributed by atoms with E-state index in [0.29, 0.717) is 18.2 Å². The third-order valence-corrected chi connectivity index (χ3v) is 2.69. The fourth-order valence-electron chi connectivity index (χ4n) is 1.42. The maximum Gasteiger partial charge on any atom is 0.141 e. The van der Waals surface area contributed by atoms with Crippen LogP contribution in [0, 0.1) is 5.82 Å². The van der Waals surface area contributed by atoms with Crippen molar-refractivity contribution in [1.29, 1.82) is 0 Å². The molecule has 0 aliphatic heterocycles. The minimum absolute atomic E-state index is 0.331. The zero-order valence-corrected chi connectivity index (χ0v) is 9.91. The number of alkyl halides is 1. The molecule has 0 unspecified atom stereocenters. The maximum absolute atomic E-state index is 12.6. The van der Waals surface area contributed by atoms with Gasteiger partial charge in [-0.2, -0.15) is 0 Å². The first-order valence-electron chi connectivity index (χ1n) is 5.27. The van der Waals surface area contributed by atoms with E-state index in [9.17, 15) is 4.39 Å². The molecule has 4 heteroatoms. The van der Waals surface area contributed by atoms with Crippen LogP contribution in [0.4, 0.5) is 10.2 Å². The molecule has 0 atom stereocenters. The minimum atomic E-state index is -0.331. The molecule has 0 saturated carbocycles. The number of benzene rings is 1. The molecule has 2 aromatic rings. The molecule has 0 fully saturated rings. The third kappa shape index (κ3) is 3.43. The Morgan fingerprint density at radius 1 is 1.06 bits per heavy atom. The number of nitrogens with one attached hydrogen (secondary N) is 1. The van der Waals surface area contributed by atoms with Crippen molar-refractivity contribution >= 4 is 17.4 Å². The van der Waals surface area contributed by atoms with E-state index in [4.69, 9.17) is 11.6 Å². The molecule has 1 aromatic carbocycles. The molecule has 17 heavy (non-hydrogen) atoms. The summed E-state index contributed by atoms with van der Waals surface area (Å²) in [4.78, 5) is 3.92. The molecular formula is C13H12ClFN2. The predicted octanol–water partition coefficient (Wildman–Crippen LogP) is 3.57. The molecule has 0 aliphatic rings. The summed E-state index contributed by atoms with van der Waals surface area (Å²) in [6.45, 7) is 0.654. The third-order valence-electron chi connectivity index (χ3n) is 2.38. The number of anilines is 1. The summed E-state index contributed by atoms with van der Waals surface area (Å²) in [5.74, 6) is 0.850. The van der Waals surface area contributed by atoms with E-state index < -0.39 is 0 Å². The van der Waals surface area contributed by atoms with Gasteiger partial charge in [0.05, 0.1) is 6.20 Å². The number of hydrogen-bond donors (Lipinski definition) is 1. The first-order chi connectivity index (χ1) is 8.28. The number of hydrogen-bond acceptors (Lipinski definition) is 2. The highest BCUT2D eigenvalue weighted by Crippen LogP contribution is 2.09. The molecule has 0 amide bonds. The van der Waals surface area contributed by atoms with E-state index in [1.165, 1.54) is 12.3 Å². The smallest absolute Gasteiger partial charge is 0.141 e. The highest BCUT2D eigenvalue weighted by Gasteiger charge is 1.96. The molecular weight excluding hydrogens is 239 g/mol. The average molecular weight is 251 g/mol. The van der Waals surface area contributed by atoms with Crippen molar-refractivity contribution in [2.45, 2.75) is 12.4 Å². The molecule has 0 bridgehead atoms. The molecule has 88 valence electrons. The van der Waals surface area contributed by atoms with Crippen LogP contribution >= 0.6 is 11.6 Å². The second-order valence-corrected chi connectivity index (χ2v) is 3.93. The normalized spacial score (nSPS) is 10.2. The van der Waals surface area contributed by atoms with Crippen molar-refractivity contribution in [3.8, 4) is 0 Å². The van der Waals surface area contributed by atoms with Crippen LogP contribution in [0.5, 0.6) is 0 Å². The van der Waals surface area contributed by atoms with Gasteiger partial charge in [0.25, 0.3) is 0 Å². The Morgan fingerprint density at radius 3 is 2.35 bits per heavy atom. The van der Waals surface area contributed by atoms with Crippen LogP contribution in [0.1, 0.15) is 11.1 Å². The lowest BCUT2D eigenvalue weighted by atomic mass is 10.1. The first-order valence-corrected chi connectivity index (χ1v) is 5.80. The summed E-state index contributed by atoms with van der Waals surface area (Å²) in [5.41, 5.74) is 2.22. The summed E-state index contributed by atoms with van der Waals surface area (Å²) in [5, 5.41) is 3.11. The van der Waals surface area contributed by atoms with Crippen LogP contribution in [-0.4, -0.2) is 4.98 Å². The van der Waals surface area contributed by atoms with Crippen molar-refractivity contribution in [3.05, 3.63) is 59.5 Å². The summed E-state index contributed by atoms with van der Waals surface area (Å²) >= 11 is 5.71. The lowest BCUT2D eigenvalue weighted by Crippen LogP contribution is -2.01. The largest absolute Gasteiger partial charge is 0.366 e. The molecule has 0 spiro atoms. The molecule has 2 rings (SSSR count). The van der Waals surface area contributed by atoms with E-state index in [1.54, 1.807) is 6.07 Å². The van der Waals surface area contributed by atoms with Gasteiger partial charge in [-0.25, -0.2) is 9.37 Å². The van der Waals surface area contributed by atoms with Crippen LogP contribution < -0.4 is 5.32 Å². The number of aromatic nitrogens is 1. The fourth-order valence-corrected chi connectivity index (χ4v) is 1.60. The molecule has 1 N–H and O–H groups in total. The van der Waals surface area contributed by atoms with Crippen molar-refractivity contribution in [3.63, 3.8) is 0 Å². The van der Waals surface area contributed by atoms with Crippen molar-refractivity contribution in [2.75, 3.05) is 5.32 Å². The molecule has 1 heterocycles. The van der Waals surface area contributed by atoms with Crippen LogP contribution in [-0.2, 0) is 12.4 Å². The van der Waals surface area contributed by atoms with Crippen molar-refractivity contribution in [2.24, 2.45) is 0 Å². The Kier molecular flexibility index (Phi) is 3.94. The summed E-state index contributed by atoms with van der Waals surface area (Å²) in [7, 11) is 0. The van der Waals surface area contributed by atoms with Crippen LogP contribution in [0.2, 0.25) is 0 Å². The van der Waals surface area contributed by atoms with Crippen molar-refractivity contribution < 1.29 is 4.39 Å². The van der Waals surface area contributed by atoms with Gasteiger partial charge in [0.1, 0.15) is 11.6 Å². The van der Waals surface area contributed by atoms with Crippen LogP contribution in [0.15, 0.2) is 42.6 Å². The molecule has 0 radical (unpaired) electrons. The molecule has 2 nitrogen and oxygen atoms in total. The molecule has 0 aliphatic carbocycles. The summed E-state index contributed by atoms with van der Waals surface area (Å²) in [6, 6.07) is 11.0. The van der Waals surface area contributed by atoms with E-state index in [-0.39, 0.29) is 5.82 Å². The number of pyridine rings is 1. The van der Waals surface area contributed by atoms with Gasteiger partial charge in [0.2, 0.25) is 0 Å². The van der Waals surface area contributed by atoms with Crippen molar-refractivity contribution in [1.82, 2.24) is 4.98 Å². The number of nitrogens with zero attached hydrogens (tertiary/aromatic N) is 1. The van der Waals surface area contributed by atoms with Gasteiger partial charge in [0, 0.05) is 12.4 Å². The predicted molar refractivity (Wildman–Crippen MR) is 67.5 cm³/mol. The van der Waals surface area contributed by atoms with Gasteiger partial charge in [0.15, 0.2) is 0 Å². The minimum Gasteiger partial charge on any atom is -0.366 e. The summed E-state index contributed by atoms with van der Waals surface area (Å²) in [6.07, 6.45) is 1.19. The Balaban J connectivity index is 1.95. The van der Waals surface area contributed by atoms with E-state index in [2.05, 4.69) is 10.3 Å². The van der Waals surface area contributed by atoms with Gasteiger partial charge in [-0.15, -0.1) is 11.6 Å². The SMILES string of the molecule is Fc1ccc(NCc2ccc(CCl)cc2)nc1. The second kappa shape index (κ2) is 5.64. The Morgan fingerprint density at radius 2 is 1.76 bits per heavy atom. The van der Waals surface area contributed by atoms with Crippen LogP contribution in [0.3, 0.4) is 0 Å². The van der Waals surface area contributed by atoms with Gasteiger partial charge in [-0.05, 0) is 23.3 Å². The topological polar surface area (TPSA) is 24.9 Å². The van der Waals surface area contributed by atoms with Gasteiger partial charge in [-0.1, -0.05) is 24.3 Å². The maximum atomic E-state index is 12.6. The van der Waals surface area contributed by atoms with E-state index in [0.717, 1.165) is 11.1 Å². The second-order valence-electron chi connectivity index (χ2n) is 3.67. The standard InChI is InChI=1S/C13H12ClFN2/c14-7-10-1-3-11(4-2-10)8-16-13-6-5-12(15)9-17-13/h1-6,9H,7-8H2,(H,16,17). The van der Waals surface area contributed by atoms with E-state index >= 15 is 0 Å². The Labute approximate surface area is 104 Å². The lowest BCUT2D eigenvalue weighted by molar-refractivity contribution is 0.621. The van der Waals surface area contributed by atoms with Gasteiger partial charge in [-0.3, -0.25) is 0 Å². The quantitative estimate of drug-likeness (QED) is 0.839. The van der Waals surface area contributed by atoms with Gasteiger partial charge >= 0.3 is 0 Å². The Hall–Kier alpha value is -1.61.